The Hall–Kier alpha value is -2.07. The van der Waals surface area contributed by atoms with Crippen LogP contribution in [0.2, 0.25) is 0 Å². The molecule has 4 heteroatoms. The Balaban J connectivity index is 1.82. The maximum atomic E-state index is 12.1. The first-order chi connectivity index (χ1) is 11.6. The summed E-state index contributed by atoms with van der Waals surface area (Å²) in [5.41, 5.74) is 3.52. The van der Waals surface area contributed by atoms with Crippen molar-refractivity contribution in [3.05, 3.63) is 71.3 Å². The monoisotopic (exact) mass is 341 g/mol. The second kappa shape index (κ2) is 9.28. The standard InChI is InChI=1S/C20H23NO2S/c1-15-8-6-7-11-18(15)13-24-14-20(23)21-19(16(2)22)12-17-9-4-3-5-10-17/h3-11,19H,12-14H2,1-2H3,(H,21,23)/t19-/m0/s1. The van der Waals surface area contributed by atoms with E-state index in [1.54, 1.807) is 11.8 Å². The van der Waals surface area contributed by atoms with Gasteiger partial charge in [-0.3, -0.25) is 9.59 Å². The molecule has 2 aromatic carbocycles. The first-order valence-electron chi connectivity index (χ1n) is 8.02. The molecule has 2 rings (SSSR count). The molecule has 0 aliphatic rings. The molecule has 0 saturated heterocycles. The number of benzene rings is 2. The van der Waals surface area contributed by atoms with Crippen LogP contribution in [0.15, 0.2) is 54.6 Å². The SMILES string of the molecule is CC(=O)[C@H](Cc1ccccc1)NC(=O)CSCc1ccccc1C. The lowest BCUT2D eigenvalue weighted by Gasteiger charge is -2.16. The highest BCUT2D eigenvalue weighted by atomic mass is 32.2. The quantitative estimate of drug-likeness (QED) is 0.799. The van der Waals surface area contributed by atoms with Crippen molar-refractivity contribution in [1.82, 2.24) is 5.32 Å². The summed E-state index contributed by atoms with van der Waals surface area (Å²) in [6.07, 6.45) is 0.532. The van der Waals surface area contributed by atoms with Crippen LogP contribution in [-0.4, -0.2) is 23.5 Å². The van der Waals surface area contributed by atoms with Gasteiger partial charge in [-0.2, -0.15) is 0 Å². The molecule has 0 aliphatic carbocycles. The van der Waals surface area contributed by atoms with Crippen molar-refractivity contribution in [1.29, 1.82) is 0 Å². The van der Waals surface area contributed by atoms with Crippen molar-refractivity contribution in [3.63, 3.8) is 0 Å². The second-order valence-corrected chi connectivity index (χ2v) is 6.83. The summed E-state index contributed by atoms with van der Waals surface area (Å²) in [6, 6.07) is 17.5. The van der Waals surface area contributed by atoms with Crippen molar-refractivity contribution < 1.29 is 9.59 Å². The number of Topliss-reactive ketones (excluding diaryl/α,β-unsaturated/α-hetero) is 1. The van der Waals surface area contributed by atoms with Gasteiger partial charge in [-0.15, -0.1) is 11.8 Å². The zero-order chi connectivity index (χ0) is 17.4. The summed E-state index contributed by atoms with van der Waals surface area (Å²) in [5, 5.41) is 2.86. The van der Waals surface area contributed by atoms with Crippen LogP contribution in [-0.2, 0) is 21.8 Å². The molecule has 0 unspecified atom stereocenters. The van der Waals surface area contributed by atoms with Crippen LogP contribution in [0.25, 0.3) is 0 Å². The highest BCUT2D eigenvalue weighted by Gasteiger charge is 2.17. The van der Waals surface area contributed by atoms with Crippen LogP contribution in [0, 0.1) is 6.92 Å². The summed E-state index contributed by atoms with van der Waals surface area (Å²) in [7, 11) is 0. The fourth-order valence-electron chi connectivity index (χ4n) is 2.41. The van der Waals surface area contributed by atoms with E-state index >= 15 is 0 Å². The van der Waals surface area contributed by atoms with Gasteiger partial charge in [0.05, 0.1) is 11.8 Å². The lowest BCUT2D eigenvalue weighted by atomic mass is 10.0. The molecule has 24 heavy (non-hydrogen) atoms. The molecule has 2 aromatic rings. The van der Waals surface area contributed by atoms with Crippen molar-refractivity contribution in [3.8, 4) is 0 Å². The third-order valence-electron chi connectivity index (χ3n) is 3.86. The maximum absolute atomic E-state index is 12.1. The zero-order valence-electron chi connectivity index (χ0n) is 14.1. The third-order valence-corrected chi connectivity index (χ3v) is 4.84. The van der Waals surface area contributed by atoms with Gasteiger partial charge in [-0.1, -0.05) is 54.6 Å². The second-order valence-electron chi connectivity index (χ2n) is 5.84. The van der Waals surface area contributed by atoms with Crippen LogP contribution in [0.1, 0.15) is 23.6 Å². The molecule has 126 valence electrons. The van der Waals surface area contributed by atoms with E-state index in [4.69, 9.17) is 0 Å². The molecular weight excluding hydrogens is 318 g/mol. The largest absolute Gasteiger partial charge is 0.345 e. The van der Waals surface area contributed by atoms with Gasteiger partial charge in [0.1, 0.15) is 0 Å². The molecule has 3 nitrogen and oxygen atoms in total. The fraction of sp³-hybridized carbons (Fsp3) is 0.300. The van der Waals surface area contributed by atoms with Gasteiger partial charge in [-0.25, -0.2) is 0 Å². The molecule has 0 radical (unpaired) electrons. The molecule has 0 aliphatic heterocycles. The Labute approximate surface area is 147 Å². The van der Waals surface area contributed by atoms with Crippen LogP contribution in [0.4, 0.5) is 0 Å². The number of hydrogen-bond donors (Lipinski definition) is 1. The van der Waals surface area contributed by atoms with E-state index in [1.807, 2.05) is 42.5 Å². The maximum Gasteiger partial charge on any atom is 0.230 e. The predicted molar refractivity (Wildman–Crippen MR) is 100 cm³/mol. The minimum absolute atomic E-state index is 0.0175. The molecular formula is C20H23NO2S. The molecule has 0 saturated carbocycles. The minimum Gasteiger partial charge on any atom is -0.345 e. The Morgan fingerprint density at radius 3 is 2.38 bits per heavy atom. The number of rotatable bonds is 8. The number of nitrogens with one attached hydrogen (secondary N) is 1. The van der Waals surface area contributed by atoms with Crippen LogP contribution >= 0.6 is 11.8 Å². The third kappa shape index (κ3) is 5.85. The average molecular weight is 341 g/mol. The van der Waals surface area contributed by atoms with Gasteiger partial charge in [0.25, 0.3) is 0 Å². The zero-order valence-corrected chi connectivity index (χ0v) is 14.9. The number of hydrogen-bond acceptors (Lipinski definition) is 3. The summed E-state index contributed by atoms with van der Waals surface area (Å²) in [4.78, 5) is 23.9. The number of thioether (sulfide) groups is 1. The number of aryl methyl sites for hydroxylation is 1. The summed E-state index contributed by atoms with van der Waals surface area (Å²) in [6.45, 7) is 3.59. The van der Waals surface area contributed by atoms with Gasteiger partial charge in [0.15, 0.2) is 5.78 Å². The summed E-state index contributed by atoms with van der Waals surface area (Å²) >= 11 is 1.57. The van der Waals surface area contributed by atoms with Crippen molar-refractivity contribution in [2.45, 2.75) is 32.1 Å². The van der Waals surface area contributed by atoms with E-state index in [1.165, 1.54) is 18.1 Å². The molecule has 0 heterocycles. The van der Waals surface area contributed by atoms with Gasteiger partial charge in [-0.05, 0) is 37.0 Å². The van der Waals surface area contributed by atoms with E-state index in [9.17, 15) is 9.59 Å². The summed E-state index contributed by atoms with van der Waals surface area (Å²) < 4.78 is 0. The topological polar surface area (TPSA) is 46.2 Å². The lowest BCUT2D eigenvalue weighted by Crippen LogP contribution is -2.42. The molecule has 0 aromatic heterocycles. The van der Waals surface area contributed by atoms with Gasteiger partial charge in [0, 0.05) is 5.75 Å². The Kier molecular flexibility index (Phi) is 7.07. The number of amides is 1. The first kappa shape index (κ1) is 18.3. The van der Waals surface area contributed by atoms with Crippen molar-refractivity contribution in [2.75, 3.05) is 5.75 Å². The van der Waals surface area contributed by atoms with E-state index in [0.717, 1.165) is 11.3 Å². The Morgan fingerprint density at radius 1 is 1.04 bits per heavy atom. The molecule has 0 fully saturated rings. The van der Waals surface area contributed by atoms with E-state index in [0.29, 0.717) is 12.2 Å². The van der Waals surface area contributed by atoms with Crippen LogP contribution < -0.4 is 5.32 Å². The molecule has 1 amide bonds. The van der Waals surface area contributed by atoms with E-state index in [2.05, 4.69) is 24.4 Å². The van der Waals surface area contributed by atoms with Crippen molar-refractivity contribution >= 4 is 23.5 Å². The lowest BCUT2D eigenvalue weighted by molar-refractivity contribution is -0.125. The number of ketones is 1. The minimum atomic E-state index is -0.459. The number of carbonyl (C=O) groups excluding carboxylic acids is 2. The molecule has 1 atom stereocenters. The predicted octanol–water partition coefficient (Wildman–Crippen LogP) is 3.54. The normalized spacial score (nSPS) is 11.8. The summed E-state index contributed by atoms with van der Waals surface area (Å²) in [5.74, 6) is 1.04. The Morgan fingerprint density at radius 2 is 1.71 bits per heavy atom. The van der Waals surface area contributed by atoms with E-state index in [-0.39, 0.29) is 11.7 Å². The van der Waals surface area contributed by atoms with Crippen LogP contribution in [0.3, 0.4) is 0 Å². The molecule has 1 N–H and O–H groups in total. The van der Waals surface area contributed by atoms with Gasteiger partial charge < -0.3 is 5.32 Å². The average Bonchev–Trinajstić information content (AvgIpc) is 2.57. The van der Waals surface area contributed by atoms with Crippen molar-refractivity contribution in [2.24, 2.45) is 0 Å². The highest BCUT2D eigenvalue weighted by Crippen LogP contribution is 2.15. The first-order valence-corrected chi connectivity index (χ1v) is 9.17. The van der Waals surface area contributed by atoms with Gasteiger partial charge >= 0.3 is 0 Å². The van der Waals surface area contributed by atoms with E-state index < -0.39 is 6.04 Å². The number of carbonyl (C=O) groups is 2. The van der Waals surface area contributed by atoms with Gasteiger partial charge in [0.2, 0.25) is 5.91 Å². The molecule has 0 bridgehead atoms. The Bertz CT molecular complexity index is 685. The fourth-order valence-corrected chi connectivity index (χ4v) is 3.32. The highest BCUT2D eigenvalue weighted by molar-refractivity contribution is 7.99. The van der Waals surface area contributed by atoms with Crippen LogP contribution in [0.5, 0.6) is 0 Å². The molecule has 0 spiro atoms. The smallest absolute Gasteiger partial charge is 0.230 e.